The minimum Gasteiger partial charge on any atom is -0.258 e. The van der Waals surface area contributed by atoms with Crippen LogP contribution in [0.25, 0.3) is 5.95 Å². The normalized spacial score (nSPS) is 11.3. The van der Waals surface area contributed by atoms with Crippen LogP contribution in [-0.2, 0) is 6.42 Å². The van der Waals surface area contributed by atoms with E-state index < -0.39 is 0 Å². The Morgan fingerprint density at radius 3 is 2.76 bits per heavy atom. The number of rotatable bonds is 5. The summed E-state index contributed by atoms with van der Waals surface area (Å²) in [6.07, 6.45) is 3.59. The van der Waals surface area contributed by atoms with Crippen molar-refractivity contribution in [2.45, 2.75) is 27.2 Å². The van der Waals surface area contributed by atoms with Gasteiger partial charge in [-0.15, -0.1) is 10.2 Å². The van der Waals surface area contributed by atoms with Crippen LogP contribution in [0.4, 0.5) is 5.69 Å². The molecular weight excluding hydrogens is 322 g/mol. The van der Waals surface area contributed by atoms with E-state index in [4.69, 9.17) is 0 Å². The predicted molar refractivity (Wildman–Crippen MR) is 92.1 cm³/mol. The average molecular weight is 339 g/mol. The molecule has 0 radical (unpaired) electrons. The molecule has 0 fully saturated rings. The molecule has 0 spiro atoms. The van der Waals surface area contributed by atoms with Crippen molar-refractivity contribution < 1.29 is 4.92 Å². The van der Waals surface area contributed by atoms with E-state index in [-0.39, 0.29) is 10.6 Å². The van der Waals surface area contributed by atoms with Crippen molar-refractivity contribution in [3.63, 3.8) is 0 Å². The van der Waals surface area contributed by atoms with Crippen LogP contribution in [0.3, 0.4) is 0 Å². The first-order chi connectivity index (χ1) is 12.0. The number of benzene rings is 1. The smallest absolute Gasteiger partial charge is 0.258 e. The minimum absolute atomic E-state index is 0.0916. The fourth-order valence-corrected chi connectivity index (χ4v) is 2.54. The zero-order chi connectivity index (χ0) is 18.0. The maximum absolute atomic E-state index is 11.2. The van der Waals surface area contributed by atoms with Crippen LogP contribution in [0.2, 0.25) is 0 Å². The van der Waals surface area contributed by atoms with Gasteiger partial charge in [-0.05, 0) is 26.3 Å². The second-order valence-corrected chi connectivity index (χ2v) is 5.56. The maximum atomic E-state index is 11.2. The molecule has 0 saturated heterocycles. The Bertz CT molecular complexity index is 955. The van der Waals surface area contributed by atoms with Crippen LogP contribution in [0, 0.1) is 24.0 Å². The highest BCUT2D eigenvalue weighted by Gasteiger charge is 2.13. The number of aryl methyl sites for hydroxylation is 3. The summed E-state index contributed by atoms with van der Waals surface area (Å²) in [4.78, 5) is 10.8. The van der Waals surface area contributed by atoms with Gasteiger partial charge in [-0.1, -0.05) is 19.1 Å². The Morgan fingerprint density at radius 1 is 1.32 bits per heavy atom. The number of aromatic nitrogens is 5. The van der Waals surface area contributed by atoms with Gasteiger partial charge in [0.25, 0.3) is 11.6 Å². The molecule has 25 heavy (non-hydrogen) atoms. The highest BCUT2D eigenvalue weighted by Crippen LogP contribution is 2.20. The van der Waals surface area contributed by atoms with Gasteiger partial charge in [0.05, 0.1) is 16.8 Å². The van der Waals surface area contributed by atoms with E-state index in [9.17, 15) is 10.1 Å². The van der Waals surface area contributed by atoms with Crippen molar-refractivity contribution in [3.8, 4) is 5.95 Å². The Hall–Kier alpha value is -3.36. The zero-order valence-corrected chi connectivity index (χ0v) is 14.1. The molecule has 0 amide bonds. The standard InChI is InChI=1S/C16H17N7O2/c1-4-14-6-5-13(8-15(14)23(24)25)9-18-21-10-17-19-16(21)22-12(3)7-11(2)20-22/h5-10H,4H2,1-3H3/b18-9-. The summed E-state index contributed by atoms with van der Waals surface area (Å²) in [6.45, 7) is 5.69. The summed E-state index contributed by atoms with van der Waals surface area (Å²) in [5.41, 5.74) is 3.17. The van der Waals surface area contributed by atoms with E-state index in [2.05, 4.69) is 20.4 Å². The summed E-state index contributed by atoms with van der Waals surface area (Å²) in [5.74, 6) is 0.446. The SMILES string of the molecule is CCc1ccc(/C=N\n2cnnc2-n2nc(C)cc2C)cc1[N+](=O)[O-]. The van der Waals surface area contributed by atoms with Gasteiger partial charge in [0.2, 0.25) is 0 Å². The molecular formula is C16H17N7O2. The molecule has 2 aromatic heterocycles. The molecule has 3 aromatic rings. The molecule has 128 valence electrons. The topological polar surface area (TPSA) is 104 Å². The summed E-state index contributed by atoms with van der Waals surface area (Å²) in [5, 5.41) is 27.7. The van der Waals surface area contributed by atoms with Crippen molar-refractivity contribution >= 4 is 11.9 Å². The molecule has 0 aliphatic heterocycles. The Morgan fingerprint density at radius 2 is 2.12 bits per heavy atom. The molecule has 9 heteroatoms. The van der Waals surface area contributed by atoms with Crippen molar-refractivity contribution in [2.75, 3.05) is 0 Å². The lowest BCUT2D eigenvalue weighted by Gasteiger charge is -2.03. The van der Waals surface area contributed by atoms with Crippen molar-refractivity contribution in [1.82, 2.24) is 24.7 Å². The lowest BCUT2D eigenvalue weighted by Crippen LogP contribution is -2.06. The number of nitro groups is 1. The van der Waals surface area contributed by atoms with Crippen LogP contribution in [0.5, 0.6) is 0 Å². The van der Waals surface area contributed by atoms with Crippen LogP contribution in [0.1, 0.15) is 29.4 Å². The third kappa shape index (κ3) is 3.30. The molecule has 0 unspecified atom stereocenters. The van der Waals surface area contributed by atoms with E-state index in [1.165, 1.54) is 23.3 Å². The second-order valence-electron chi connectivity index (χ2n) is 5.56. The van der Waals surface area contributed by atoms with Crippen LogP contribution < -0.4 is 0 Å². The van der Waals surface area contributed by atoms with Crippen molar-refractivity contribution in [1.29, 1.82) is 0 Å². The van der Waals surface area contributed by atoms with E-state index >= 15 is 0 Å². The Kier molecular flexibility index (Phi) is 4.38. The minimum atomic E-state index is -0.379. The third-order valence-electron chi connectivity index (χ3n) is 3.73. The summed E-state index contributed by atoms with van der Waals surface area (Å²) >= 11 is 0. The largest absolute Gasteiger partial charge is 0.273 e. The molecule has 0 saturated carbocycles. The monoisotopic (exact) mass is 339 g/mol. The molecule has 2 heterocycles. The summed E-state index contributed by atoms with van der Waals surface area (Å²) < 4.78 is 3.11. The molecule has 0 bridgehead atoms. The first kappa shape index (κ1) is 16.5. The number of hydrogen-bond acceptors (Lipinski definition) is 6. The molecule has 0 N–H and O–H groups in total. The van der Waals surface area contributed by atoms with E-state index in [0.717, 1.165) is 11.4 Å². The average Bonchev–Trinajstić information content (AvgIpc) is 3.18. The van der Waals surface area contributed by atoms with Crippen molar-refractivity contribution in [3.05, 3.63) is 63.2 Å². The number of nitro benzene ring substituents is 1. The first-order valence-corrected chi connectivity index (χ1v) is 7.75. The summed E-state index contributed by atoms with van der Waals surface area (Å²) in [7, 11) is 0. The molecule has 0 atom stereocenters. The molecule has 0 aliphatic carbocycles. The van der Waals surface area contributed by atoms with Gasteiger partial charge in [0, 0.05) is 22.9 Å². The Balaban J connectivity index is 1.94. The van der Waals surface area contributed by atoms with E-state index in [1.807, 2.05) is 26.8 Å². The fourth-order valence-electron chi connectivity index (χ4n) is 2.54. The highest BCUT2D eigenvalue weighted by molar-refractivity contribution is 5.81. The van der Waals surface area contributed by atoms with Gasteiger partial charge in [-0.25, -0.2) is 4.68 Å². The molecule has 9 nitrogen and oxygen atoms in total. The van der Waals surface area contributed by atoms with Gasteiger partial charge in [0.1, 0.15) is 6.33 Å². The van der Waals surface area contributed by atoms with Gasteiger partial charge in [-0.3, -0.25) is 10.1 Å². The van der Waals surface area contributed by atoms with Gasteiger partial charge >= 0.3 is 0 Å². The van der Waals surface area contributed by atoms with Crippen LogP contribution in [0.15, 0.2) is 35.7 Å². The highest BCUT2D eigenvalue weighted by atomic mass is 16.6. The van der Waals surface area contributed by atoms with E-state index in [0.29, 0.717) is 23.5 Å². The molecule has 1 aromatic carbocycles. The summed E-state index contributed by atoms with van der Waals surface area (Å²) in [6, 6.07) is 6.97. The van der Waals surface area contributed by atoms with Crippen LogP contribution in [-0.4, -0.2) is 35.8 Å². The lowest BCUT2D eigenvalue weighted by molar-refractivity contribution is -0.385. The number of nitrogens with zero attached hydrogens (tertiary/aromatic N) is 7. The van der Waals surface area contributed by atoms with Gasteiger partial charge in [0.15, 0.2) is 0 Å². The van der Waals surface area contributed by atoms with Crippen LogP contribution >= 0.6 is 0 Å². The first-order valence-electron chi connectivity index (χ1n) is 7.75. The quantitative estimate of drug-likeness (QED) is 0.403. The van der Waals surface area contributed by atoms with E-state index in [1.54, 1.807) is 16.8 Å². The Labute approximate surface area is 143 Å². The third-order valence-corrected chi connectivity index (χ3v) is 3.73. The predicted octanol–water partition coefficient (Wildman–Crippen LogP) is 2.43. The fraction of sp³-hybridized carbons (Fsp3) is 0.250. The van der Waals surface area contributed by atoms with Gasteiger partial charge < -0.3 is 0 Å². The second kappa shape index (κ2) is 6.63. The number of hydrogen-bond donors (Lipinski definition) is 0. The molecule has 0 aliphatic rings. The van der Waals surface area contributed by atoms with Crippen molar-refractivity contribution in [2.24, 2.45) is 5.10 Å². The molecule has 3 rings (SSSR count). The van der Waals surface area contributed by atoms with Gasteiger partial charge in [-0.2, -0.15) is 14.9 Å². The maximum Gasteiger partial charge on any atom is 0.273 e. The lowest BCUT2D eigenvalue weighted by atomic mass is 10.1. The zero-order valence-electron chi connectivity index (χ0n) is 14.1.